The largest absolute Gasteiger partial charge is 0.395 e. The van der Waals surface area contributed by atoms with Crippen molar-refractivity contribution in [3.63, 3.8) is 0 Å². The van der Waals surface area contributed by atoms with Crippen LogP contribution < -0.4 is 10.6 Å². The van der Waals surface area contributed by atoms with E-state index in [4.69, 9.17) is 10.8 Å². The molecule has 0 fully saturated rings. The lowest BCUT2D eigenvalue weighted by atomic mass is 10.1. The molecule has 1 unspecified atom stereocenters. The van der Waals surface area contributed by atoms with Gasteiger partial charge in [-0.1, -0.05) is 15.9 Å². The van der Waals surface area contributed by atoms with Crippen LogP contribution in [-0.4, -0.2) is 24.8 Å². The molecule has 90 valence electrons. The fourth-order valence-electron chi connectivity index (χ4n) is 1.75. The molecule has 0 bridgehead atoms. The first kappa shape index (κ1) is 13.5. The number of anilines is 1. The van der Waals surface area contributed by atoms with Crippen LogP contribution in [0.1, 0.15) is 25.5 Å². The molecule has 0 heterocycles. The Kier molecular flexibility index (Phi) is 5.25. The van der Waals surface area contributed by atoms with Crippen LogP contribution in [0.25, 0.3) is 0 Å². The van der Waals surface area contributed by atoms with E-state index >= 15 is 0 Å². The molecule has 1 aromatic rings. The van der Waals surface area contributed by atoms with Crippen LogP contribution in [0.3, 0.4) is 0 Å². The lowest BCUT2D eigenvalue weighted by Crippen LogP contribution is -2.28. The normalized spacial score (nSPS) is 12.6. The summed E-state index contributed by atoms with van der Waals surface area (Å²) in [4.78, 5) is 2.13. The van der Waals surface area contributed by atoms with E-state index in [9.17, 15) is 0 Å². The van der Waals surface area contributed by atoms with Crippen LogP contribution in [0.4, 0.5) is 5.69 Å². The predicted molar refractivity (Wildman–Crippen MR) is 71.7 cm³/mol. The van der Waals surface area contributed by atoms with Gasteiger partial charge in [-0.25, -0.2) is 0 Å². The van der Waals surface area contributed by atoms with E-state index < -0.39 is 0 Å². The quantitative estimate of drug-likeness (QED) is 0.873. The molecule has 0 aliphatic rings. The summed E-state index contributed by atoms with van der Waals surface area (Å²) < 4.78 is 1.03. The smallest absolute Gasteiger partial charge is 0.0606 e. The van der Waals surface area contributed by atoms with Crippen molar-refractivity contribution in [2.24, 2.45) is 5.73 Å². The maximum Gasteiger partial charge on any atom is 0.0606 e. The number of likely N-dealkylation sites (N-methyl/N-ethyl adjacent to an activating group) is 1. The Morgan fingerprint density at radius 1 is 1.50 bits per heavy atom. The highest BCUT2D eigenvalue weighted by molar-refractivity contribution is 9.10. The zero-order valence-electron chi connectivity index (χ0n) is 9.78. The van der Waals surface area contributed by atoms with Crippen LogP contribution in [-0.2, 0) is 0 Å². The molecule has 0 saturated heterocycles. The summed E-state index contributed by atoms with van der Waals surface area (Å²) in [5.74, 6) is 0. The van der Waals surface area contributed by atoms with Crippen LogP contribution in [0, 0.1) is 0 Å². The van der Waals surface area contributed by atoms with Gasteiger partial charge in [-0.05, 0) is 37.6 Å². The molecule has 1 rings (SSSR count). The SMILES string of the molecule is CCN(CCO)c1ccc(Br)cc1C(C)N. The highest BCUT2D eigenvalue weighted by Crippen LogP contribution is 2.28. The second kappa shape index (κ2) is 6.23. The summed E-state index contributed by atoms with van der Waals surface area (Å²) in [7, 11) is 0. The topological polar surface area (TPSA) is 49.5 Å². The maximum atomic E-state index is 9.03. The van der Waals surface area contributed by atoms with Crippen LogP contribution in [0.2, 0.25) is 0 Å². The highest BCUT2D eigenvalue weighted by Gasteiger charge is 2.12. The first-order chi connectivity index (χ1) is 7.60. The van der Waals surface area contributed by atoms with E-state index in [0.29, 0.717) is 6.54 Å². The molecular weight excluding hydrogens is 268 g/mol. The number of aliphatic hydroxyl groups is 1. The van der Waals surface area contributed by atoms with Gasteiger partial charge in [0.1, 0.15) is 0 Å². The third-order valence-electron chi connectivity index (χ3n) is 2.57. The van der Waals surface area contributed by atoms with Crippen molar-refractivity contribution >= 4 is 21.6 Å². The first-order valence-electron chi connectivity index (χ1n) is 5.51. The minimum absolute atomic E-state index is 0.0137. The molecule has 0 saturated carbocycles. The molecule has 4 heteroatoms. The van der Waals surface area contributed by atoms with Crippen LogP contribution in [0.5, 0.6) is 0 Å². The third kappa shape index (κ3) is 3.20. The third-order valence-corrected chi connectivity index (χ3v) is 3.07. The minimum atomic E-state index is -0.0137. The van der Waals surface area contributed by atoms with Gasteiger partial charge in [0, 0.05) is 29.3 Å². The Labute approximate surface area is 105 Å². The van der Waals surface area contributed by atoms with Crippen molar-refractivity contribution in [1.82, 2.24) is 0 Å². The molecule has 0 aliphatic carbocycles. The van der Waals surface area contributed by atoms with Gasteiger partial charge in [0.2, 0.25) is 0 Å². The van der Waals surface area contributed by atoms with Crippen LogP contribution in [0.15, 0.2) is 22.7 Å². The summed E-state index contributed by atoms with van der Waals surface area (Å²) in [5.41, 5.74) is 8.17. The van der Waals surface area contributed by atoms with Gasteiger partial charge in [0.15, 0.2) is 0 Å². The molecular formula is C12H19BrN2O. The van der Waals surface area contributed by atoms with Crippen molar-refractivity contribution in [2.75, 3.05) is 24.6 Å². The fraction of sp³-hybridized carbons (Fsp3) is 0.500. The van der Waals surface area contributed by atoms with Gasteiger partial charge in [0.05, 0.1) is 6.61 Å². The first-order valence-corrected chi connectivity index (χ1v) is 6.30. The summed E-state index contributed by atoms with van der Waals surface area (Å²) in [6.45, 7) is 5.70. The van der Waals surface area contributed by atoms with Crippen molar-refractivity contribution in [3.05, 3.63) is 28.2 Å². The summed E-state index contributed by atoms with van der Waals surface area (Å²) >= 11 is 3.45. The van der Waals surface area contributed by atoms with E-state index in [1.165, 1.54) is 0 Å². The van der Waals surface area contributed by atoms with E-state index in [0.717, 1.165) is 22.3 Å². The molecule has 0 amide bonds. The van der Waals surface area contributed by atoms with Gasteiger partial charge in [-0.2, -0.15) is 0 Å². The van der Waals surface area contributed by atoms with Crippen molar-refractivity contribution < 1.29 is 5.11 Å². The highest BCUT2D eigenvalue weighted by atomic mass is 79.9. The number of hydrogen-bond donors (Lipinski definition) is 2. The molecule has 0 spiro atoms. The Balaban J connectivity index is 3.09. The van der Waals surface area contributed by atoms with Gasteiger partial charge in [-0.15, -0.1) is 0 Å². The number of hydrogen-bond acceptors (Lipinski definition) is 3. The summed E-state index contributed by atoms with van der Waals surface area (Å²) in [5, 5.41) is 9.03. The van der Waals surface area contributed by atoms with E-state index in [1.54, 1.807) is 0 Å². The van der Waals surface area contributed by atoms with Gasteiger partial charge >= 0.3 is 0 Å². The number of nitrogens with zero attached hydrogens (tertiary/aromatic N) is 1. The lowest BCUT2D eigenvalue weighted by molar-refractivity contribution is 0.302. The van der Waals surface area contributed by atoms with Gasteiger partial charge in [0.25, 0.3) is 0 Å². The van der Waals surface area contributed by atoms with Gasteiger partial charge in [-0.3, -0.25) is 0 Å². The summed E-state index contributed by atoms with van der Waals surface area (Å²) in [6.07, 6.45) is 0. The molecule has 3 nitrogen and oxygen atoms in total. The lowest BCUT2D eigenvalue weighted by Gasteiger charge is -2.26. The Hall–Kier alpha value is -0.580. The van der Waals surface area contributed by atoms with E-state index in [1.807, 2.05) is 25.1 Å². The van der Waals surface area contributed by atoms with Gasteiger partial charge < -0.3 is 15.7 Å². The zero-order chi connectivity index (χ0) is 12.1. The Morgan fingerprint density at radius 2 is 2.19 bits per heavy atom. The number of nitrogens with two attached hydrogens (primary N) is 1. The number of rotatable bonds is 5. The second-order valence-corrected chi connectivity index (χ2v) is 4.71. The molecule has 1 atom stereocenters. The Morgan fingerprint density at radius 3 is 2.69 bits per heavy atom. The van der Waals surface area contributed by atoms with Crippen molar-refractivity contribution in [1.29, 1.82) is 0 Å². The molecule has 3 N–H and O–H groups in total. The molecule has 0 radical (unpaired) electrons. The number of halogens is 1. The zero-order valence-corrected chi connectivity index (χ0v) is 11.4. The average Bonchev–Trinajstić information content (AvgIpc) is 2.26. The Bertz CT molecular complexity index is 342. The number of aliphatic hydroxyl groups excluding tert-OH is 1. The molecule has 0 aromatic heterocycles. The van der Waals surface area contributed by atoms with Crippen LogP contribution >= 0.6 is 15.9 Å². The molecule has 16 heavy (non-hydrogen) atoms. The number of benzene rings is 1. The predicted octanol–water partition coefficient (Wildman–Crippen LogP) is 2.29. The second-order valence-electron chi connectivity index (χ2n) is 3.80. The van der Waals surface area contributed by atoms with E-state index in [-0.39, 0.29) is 12.6 Å². The average molecular weight is 287 g/mol. The monoisotopic (exact) mass is 286 g/mol. The molecule has 0 aliphatic heterocycles. The van der Waals surface area contributed by atoms with E-state index in [2.05, 4.69) is 27.8 Å². The maximum absolute atomic E-state index is 9.03. The molecule has 1 aromatic carbocycles. The fourth-order valence-corrected chi connectivity index (χ4v) is 2.13. The van der Waals surface area contributed by atoms with Crippen molar-refractivity contribution in [2.45, 2.75) is 19.9 Å². The summed E-state index contributed by atoms with van der Waals surface area (Å²) in [6, 6.07) is 6.07. The van der Waals surface area contributed by atoms with Crippen molar-refractivity contribution in [3.8, 4) is 0 Å². The standard InChI is InChI=1S/C12H19BrN2O/c1-3-15(6-7-16)12-5-4-10(13)8-11(12)9(2)14/h4-5,8-9,16H,3,6-7,14H2,1-2H3. The minimum Gasteiger partial charge on any atom is -0.395 e.